The van der Waals surface area contributed by atoms with Crippen LogP contribution in [0.5, 0.6) is 0 Å². The van der Waals surface area contributed by atoms with Crippen LogP contribution in [-0.2, 0) is 0 Å². The van der Waals surface area contributed by atoms with Crippen molar-refractivity contribution in [3.63, 3.8) is 0 Å². The van der Waals surface area contributed by atoms with Gasteiger partial charge in [0.15, 0.2) is 5.82 Å². The summed E-state index contributed by atoms with van der Waals surface area (Å²) in [4.78, 5) is 0. The number of anilines is 1. The maximum atomic E-state index is 13.4. The first-order valence-electron chi connectivity index (χ1n) is 6.54. The van der Waals surface area contributed by atoms with Crippen LogP contribution in [0, 0.1) is 11.7 Å². The van der Waals surface area contributed by atoms with E-state index in [0.29, 0.717) is 29.0 Å². The number of hydrogen-bond acceptors (Lipinski definition) is 4. The second-order valence-electron chi connectivity index (χ2n) is 5.03. The first kappa shape index (κ1) is 12.1. The van der Waals surface area contributed by atoms with Crippen molar-refractivity contribution in [3.05, 3.63) is 24.0 Å². The second kappa shape index (κ2) is 4.60. The molecule has 0 bridgehead atoms. The molecule has 3 rings (SSSR count). The third kappa shape index (κ3) is 2.18. The topological polar surface area (TPSA) is 69.6 Å². The number of nitrogen functional groups attached to an aromatic ring is 1. The fourth-order valence-corrected chi connectivity index (χ4v) is 2.53. The highest BCUT2D eigenvalue weighted by Gasteiger charge is 2.40. The number of tetrazole rings is 1. The molecule has 5 nitrogen and oxygen atoms in total. The van der Waals surface area contributed by atoms with Gasteiger partial charge in [0.05, 0.1) is 6.04 Å². The summed E-state index contributed by atoms with van der Waals surface area (Å²) in [5.74, 6) is 0.849. The number of nitrogens with zero attached hydrogens (tertiary/aromatic N) is 4. The first-order valence-corrected chi connectivity index (χ1v) is 6.54. The molecule has 19 heavy (non-hydrogen) atoms. The van der Waals surface area contributed by atoms with E-state index in [0.717, 1.165) is 12.8 Å². The number of nitrogens with two attached hydrogens (primary N) is 1. The quantitative estimate of drug-likeness (QED) is 0.858. The van der Waals surface area contributed by atoms with Gasteiger partial charge in [-0.1, -0.05) is 13.3 Å². The molecular formula is C13H16FN5. The van der Waals surface area contributed by atoms with Crippen molar-refractivity contribution >= 4 is 5.69 Å². The molecule has 2 atom stereocenters. The van der Waals surface area contributed by atoms with Crippen molar-refractivity contribution in [2.75, 3.05) is 5.73 Å². The minimum atomic E-state index is -0.334. The minimum absolute atomic E-state index is 0.326. The predicted molar refractivity (Wildman–Crippen MR) is 69.7 cm³/mol. The Morgan fingerprint density at radius 3 is 3.11 bits per heavy atom. The standard InChI is InChI=1S/C13H16FN5/c1-2-3-8-6-12(8)19-13(16-17-18-19)10-7-9(14)4-5-11(10)15/h4-5,7-8,12H,2-3,6,15H2,1H3. The second-order valence-corrected chi connectivity index (χ2v) is 5.03. The molecule has 2 aromatic rings. The lowest BCUT2D eigenvalue weighted by atomic mass is 10.1. The van der Waals surface area contributed by atoms with Crippen LogP contribution >= 0.6 is 0 Å². The van der Waals surface area contributed by atoms with Crippen LogP contribution in [0.15, 0.2) is 18.2 Å². The zero-order valence-electron chi connectivity index (χ0n) is 10.8. The zero-order chi connectivity index (χ0) is 13.4. The van der Waals surface area contributed by atoms with Gasteiger partial charge in [-0.05, 0) is 47.4 Å². The van der Waals surface area contributed by atoms with Crippen molar-refractivity contribution in [3.8, 4) is 11.4 Å². The summed E-state index contributed by atoms with van der Waals surface area (Å²) in [6.45, 7) is 2.17. The Labute approximate surface area is 110 Å². The van der Waals surface area contributed by atoms with E-state index in [4.69, 9.17) is 5.73 Å². The van der Waals surface area contributed by atoms with Gasteiger partial charge < -0.3 is 5.73 Å². The van der Waals surface area contributed by atoms with Gasteiger partial charge in [-0.2, -0.15) is 0 Å². The fraction of sp³-hybridized carbons (Fsp3) is 0.462. The lowest BCUT2D eigenvalue weighted by Gasteiger charge is -2.06. The van der Waals surface area contributed by atoms with E-state index in [-0.39, 0.29) is 5.82 Å². The van der Waals surface area contributed by atoms with E-state index in [1.807, 2.05) is 0 Å². The molecule has 2 unspecified atom stereocenters. The number of halogens is 1. The lowest BCUT2D eigenvalue weighted by molar-refractivity contribution is 0.548. The molecule has 0 radical (unpaired) electrons. The van der Waals surface area contributed by atoms with Gasteiger partial charge >= 0.3 is 0 Å². The van der Waals surface area contributed by atoms with Crippen LogP contribution in [0.1, 0.15) is 32.2 Å². The van der Waals surface area contributed by atoms with Crippen LogP contribution < -0.4 is 5.73 Å². The third-order valence-electron chi connectivity index (χ3n) is 3.61. The van der Waals surface area contributed by atoms with E-state index in [1.165, 1.54) is 18.6 Å². The van der Waals surface area contributed by atoms with Gasteiger partial charge in [0.1, 0.15) is 5.82 Å². The number of hydrogen-bond donors (Lipinski definition) is 1. The predicted octanol–water partition coefficient (Wildman–Crippen LogP) is 2.42. The van der Waals surface area contributed by atoms with E-state index >= 15 is 0 Å². The molecule has 100 valence electrons. The SMILES string of the molecule is CCCC1CC1n1nnnc1-c1cc(F)ccc1N. The summed E-state index contributed by atoms with van der Waals surface area (Å²) >= 11 is 0. The highest BCUT2D eigenvalue weighted by Crippen LogP contribution is 2.47. The highest BCUT2D eigenvalue weighted by atomic mass is 19.1. The molecular weight excluding hydrogens is 245 g/mol. The van der Waals surface area contributed by atoms with Crippen LogP contribution in [0.4, 0.5) is 10.1 Å². The number of rotatable bonds is 4. The lowest BCUT2D eigenvalue weighted by Crippen LogP contribution is -2.04. The molecule has 6 heteroatoms. The molecule has 0 aliphatic heterocycles. The Bertz CT molecular complexity index is 594. The Kier molecular flexibility index (Phi) is 2.93. The van der Waals surface area contributed by atoms with Gasteiger partial charge in [-0.25, -0.2) is 9.07 Å². The molecule has 1 aliphatic rings. The Morgan fingerprint density at radius 2 is 2.32 bits per heavy atom. The van der Waals surface area contributed by atoms with Crippen LogP contribution in [-0.4, -0.2) is 20.2 Å². The fourth-order valence-electron chi connectivity index (χ4n) is 2.53. The van der Waals surface area contributed by atoms with Gasteiger partial charge in [0.2, 0.25) is 0 Å². The summed E-state index contributed by atoms with van der Waals surface area (Å²) in [6, 6.07) is 4.59. The normalized spacial score (nSPS) is 21.6. The van der Waals surface area contributed by atoms with E-state index in [2.05, 4.69) is 22.4 Å². The van der Waals surface area contributed by atoms with Gasteiger partial charge in [0, 0.05) is 11.3 Å². The molecule has 1 fully saturated rings. The number of benzene rings is 1. The molecule has 0 amide bonds. The Morgan fingerprint density at radius 1 is 1.47 bits per heavy atom. The molecule has 1 aromatic carbocycles. The van der Waals surface area contributed by atoms with Crippen molar-refractivity contribution < 1.29 is 4.39 Å². The Balaban J connectivity index is 1.94. The summed E-state index contributed by atoms with van der Waals surface area (Å²) in [5.41, 5.74) is 6.94. The summed E-state index contributed by atoms with van der Waals surface area (Å²) in [6.07, 6.45) is 3.41. The van der Waals surface area contributed by atoms with Crippen LogP contribution in [0.25, 0.3) is 11.4 Å². The monoisotopic (exact) mass is 261 g/mol. The summed E-state index contributed by atoms with van der Waals surface area (Å²) in [5, 5.41) is 11.7. The van der Waals surface area contributed by atoms with Gasteiger partial charge in [0.25, 0.3) is 0 Å². The minimum Gasteiger partial charge on any atom is -0.398 e. The molecule has 2 N–H and O–H groups in total. The maximum Gasteiger partial charge on any atom is 0.184 e. The average Bonchev–Trinajstić information content (AvgIpc) is 2.99. The van der Waals surface area contributed by atoms with Crippen LogP contribution in [0.3, 0.4) is 0 Å². The van der Waals surface area contributed by atoms with E-state index < -0.39 is 0 Å². The summed E-state index contributed by atoms with van der Waals surface area (Å²) in [7, 11) is 0. The molecule has 1 aromatic heterocycles. The van der Waals surface area contributed by atoms with Crippen molar-refractivity contribution in [2.45, 2.75) is 32.2 Å². The van der Waals surface area contributed by atoms with Crippen molar-refractivity contribution in [1.29, 1.82) is 0 Å². The average molecular weight is 261 g/mol. The molecule has 1 aliphatic carbocycles. The largest absolute Gasteiger partial charge is 0.398 e. The van der Waals surface area contributed by atoms with Crippen LogP contribution in [0.2, 0.25) is 0 Å². The highest BCUT2D eigenvalue weighted by molar-refractivity contribution is 5.71. The van der Waals surface area contributed by atoms with Gasteiger partial charge in [-0.3, -0.25) is 0 Å². The molecule has 1 heterocycles. The first-order chi connectivity index (χ1) is 9.20. The zero-order valence-corrected chi connectivity index (χ0v) is 10.8. The summed E-state index contributed by atoms with van der Waals surface area (Å²) < 4.78 is 15.1. The van der Waals surface area contributed by atoms with Crippen molar-refractivity contribution in [2.24, 2.45) is 5.92 Å². The van der Waals surface area contributed by atoms with E-state index in [1.54, 1.807) is 10.7 Å². The molecule has 0 spiro atoms. The maximum absolute atomic E-state index is 13.4. The molecule has 0 saturated heterocycles. The van der Waals surface area contributed by atoms with Gasteiger partial charge in [-0.15, -0.1) is 5.10 Å². The van der Waals surface area contributed by atoms with Crippen molar-refractivity contribution in [1.82, 2.24) is 20.2 Å². The third-order valence-corrected chi connectivity index (χ3v) is 3.61. The molecule has 1 saturated carbocycles. The number of aromatic nitrogens is 4. The smallest absolute Gasteiger partial charge is 0.184 e. The van der Waals surface area contributed by atoms with E-state index in [9.17, 15) is 4.39 Å². The Hall–Kier alpha value is -1.98.